The van der Waals surface area contributed by atoms with Gasteiger partial charge in [-0.05, 0) is 30.0 Å². The fourth-order valence-corrected chi connectivity index (χ4v) is 1.91. The summed E-state index contributed by atoms with van der Waals surface area (Å²) >= 11 is 0. The molecule has 1 aromatic carbocycles. The van der Waals surface area contributed by atoms with Crippen LogP contribution in [0.3, 0.4) is 0 Å². The van der Waals surface area contributed by atoms with Crippen LogP contribution in [0.4, 0.5) is 0 Å². The molecule has 4 N–H and O–H groups in total. The summed E-state index contributed by atoms with van der Waals surface area (Å²) in [5.41, 5.74) is 16.6. The van der Waals surface area contributed by atoms with E-state index >= 15 is 0 Å². The van der Waals surface area contributed by atoms with Crippen molar-refractivity contribution < 1.29 is 0 Å². The monoisotopic (exact) mass is 192 g/mol. The topological polar surface area (TPSA) is 52.0 Å². The van der Waals surface area contributed by atoms with E-state index in [2.05, 4.69) is 26.0 Å². The number of hydrogen-bond acceptors (Lipinski definition) is 2. The van der Waals surface area contributed by atoms with E-state index in [0.29, 0.717) is 13.1 Å². The smallest absolute Gasteiger partial charge is 0.0184 e. The van der Waals surface area contributed by atoms with Crippen LogP contribution in [0, 0.1) is 6.92 Å². The quantitative estimate of drug-likeness (QED) is 0.765. The van der Waals surface area contributed by atoms with Crippen molar-refractivity contribution >= 4 is 0 Å². The molecule has 1 aromatic rings. The predicted molar refractivity (Wildman–Crippen MR) is 61.0 cm³/mol. The molecule has 14 heavy (non-hydrogen) atoms. The molecule has 2 nitrogen and oxygen atoms in total. The van der Waals surface area contributed by atoms with E-state index in [9.17, 15) is 0 Å². The second kappa shape index (κ2) is 5.13. The molecular weight excluding hydrogens is 172 g/mol. The molecule has 0 spiro atoms. The van der Waals surface area contributed by atoms with Crippen LogP contribution < -0.4 is 11.5 Å². The zero-order chi connectivity index (χ0) is 10.6. The molecule has 0 saturated heterocycles. The predicted octanol–water partition coefficient (Wildman–Crippen LogP) is 1.86. The second-order valence-corrected chi connectivity index (χ2v) is 3.72. The van der Waals surface area contributed by atoms with Gasteiger partial charge >= 0.3 is 0 Å². The summed E-state index contributed by atoms with van der Waals surface area (Å²) in [6, 6.07) is 4.37. The largest absolute Gasteiger partial charge is 0.326 e. The lowest BCUT2D eigenvalue weighted by Crippen LogP contribution is -2.10. The maximum Gasteiger partial charge on any atom is 0.0184 e. The molecule has 2 heteroatoms. The molecule has 0 unspecified atom stereocenters. The Balaban J connectivity index is 3.17. The minimum Gasteiger partial charge on any atom is -0.326 e. The van der Waals surface area contributed by atoms with Gasteiger partial charge < -0.3 is 11.5 Å². The first-order valence-electron chi connectivity index (χ1n) is 5.24. The van der Waals surface area contributed by atoms with Gasteiger partial charge in [0.2, 0.25) is 0 Å². The average molecular weight is 192 g/mol. The maximum absolute atomic E-state index is 5.75. The van der Waals surface area contributed by atoms with Gasteiger partial charge in [0.15, 0.2) is 0 Å². The Bertz CT molecular complexity index is 305. The first-order valence-corrected chi connectivity index (χ1v) is 5.24. The minimum atomic E-state index is 0.588. The summed E-state index contributed by atoms with van der Waals surface area (Å²) in [4.78, 5) is 0. The number of nitrogens with two attached hydrogens (primary N) is 2. The second-order valence-electron chi connectivity index (χ2n) is 3.72. The number of aryl methyl sites for hydroxylation is 2. The minimum absolute atomic E-state index is 0.588. The summed E-state index contributed by atoms with van der Waals surface area (Å²) < 4.78 is 0. The summed E-state index contributed by atoms with van der Waals surface area (Å²) in [6.07, 6.45) is 2.25. The van der Waals surface area contributed by atoms with Gasteiger partial charge in [0.1, 0.15) is 0 Å². The van der Waals surface area contributed by atoms with Gasteiger partial charge in [-0.25, -0.2) is 0 Å². The molecule has 78 valence electrons. The third-order valence-corrected chi connectivity index (χ3v) is 2.52. The Morgan fingerprint density at radius 2 is 1.71 bits per heavy atom. The van der Waals surface area contributed by atoms with E-state index in [1.165, 1.54) is 22.3 Å². The Morgan fingerprint density at radius 3 is 2.21 bits per heavy atom. The van der Waals surface area contributed by atoms with Crippen molar-refractivity contribution in [3.63, 3.8) is 0 Å². The van der Waals surface area contributed by atoms with Crippen molar-refractivity contribution in [1.29, 1.82) is 0 Å². The highest BCUT2D eigenvalue weighted by atomic mass is 14.6. The van der Waals surface area contributed by atoms with Crippen molar-refractivity contribution in [1.82, 2.24) is 0 Å². The molecule has 0 amide bonds. The fraction of sp³-hybridized carbons (Fsp3) is 0.500. The first kappa shape index (κ1) is 11.2. The number of benzene rings is 1. The van der Waals surface area contributed by atoms with Crippen molar-refractivity contribution in [3.8, 4) is 0 Å². The third-order valence-electron chi connectivity index (χ3n) is 2.52. The summed E-state index contributed by atoms with van der Waals surface area (Å²) in [6.45, 7) is 5.48. The van der Waals surface area contributed by atoms with Crippen LogP contribution in [0.5, 0.6) is 0 Å². The van der Waals surface area contributed by atoms with Gasteiger partial charge in [-0.15, -0.1) is 0 Å². The molecule has 0 aliphatic heterocycles. The zero-order valence-corrected chi connectivity index (χ0v) is 9.14. The highest BCUT2D eigenvalue weighted by Crippen LogP contribution is 2.18. The molecule has 0 heterocycles. The molecule has 0 radical (unpaired) electrons. The summed E-state index contributed by atoms with van der Waals surface area (Å²) in [7, 11) is 0. The van der Waals surface area contributed by atoms with Crippen LogP contribution in [0.2, 0.25) is 0 Å². The fourth-order valence-electron chi connectivity index (χ4n) is 1.91. The van der Waals surface area contributed by atoms with Crippen molar-refractivity contribution in [2.24, 2.45) is 11.5 Å². The van der Waals surface area contributed by atoms with Gasteiger partial charge in [0.25, 0.3) is 0 Å². The van der Waals surface area contributed by atoms with Crippen molar-refractivity contribution in [3.05, 3.63) is 34.4 Å². The lowest BCUT2D eigenvalue weighted by molar-refractivity contribution is 0.872. The molecule has 1 rings (SSSR count). The van der Waals surface area contributed by atoms with Gasteiger partial charge in [-0.2, -0.15) is 0 Å². The van der Waals surface area contributed by atoms with Crippen LogP contribution in [0.25, 0.3) is 0 Å². The van der Waals surface area contributed by atoms with E-state index in [0.717, 1.165) is 12.8 Å². The molecule has 0 aliphatic rings. The molecule has 0 atom stereocenters. The SMILES string of the molecule is CCCc1cc(C)cc(CN)c1CN. The molecule has 0 bridgehead atoms. The van der Waals surface area contributed by atoms with Crippen LogP contribution in [0.15, 0.2) is 12.1 Å². The zero-order valence-electron chi connectivity index (χ0n) is 9.14. The maximum atomic E-state index is 5.75. The van der Waals surface area contributed by atoms with Crippen LogP contribution >= 0.6 is 0 Å². The van der Waals surface area contributed by atoms with E-state index < -0.39 is 0 Å². The van der Waals surface area contributed by atoms with Gasteiger partial charge in [-0.3, -0.25) is 0 Å². The lowest BCUT2D eigenvalue weighted by Gasteiger charge is -2.13. The Labute approximate surface area is 86.3 Å². The first-order chi connectivity index (χ1) is 6.72. The third kappa shape index (κ3) is 2.34. The molecule has 0 saturated carbocycles. The van der Waals surface area contributed by atoms with Gasteiger partial charge in [-0.1, -0.05) is 31.0 Å². The van der Waals surface area contributed by atoms with Crippen molar-refractivity contribution in [2.45, 2.75) is 39.8 Å². The van der Waals surface area contributed by atoms with Gasteiger partial charge in [0, 0.05) is 13.1 Å². The molecular formula is C12H20N2. The summed E-state index contributed by atoms with van der Waals surface area (Å²) in [5, 5.41) is 0. The molecule has 0 aromatic heterocycles. The normalized spacial score (nSPS) is 10.6. The number of hydrogen-bond donors (Lipinski definition) is 2. The average Bonchev–Trinajstić information content (AvgIpc) is 2.17. The van der Waals surface area contributed by atoms with Crippen LogP contribution in [-0.2, 0) is 19.5 Å². The van der Waals surface area contributed by atoms with Crippen molar-refractivity contribution in [2.75, 3.05) is 0 Å². The van der Waals surface area contributed by atoms with Crippen LogP contribution in [0.1, 0.15) is 35.6 Å². The summed E-state index contributed by atoms with van der Waals surface area (Å²) in [5.74, 6) is 0. The molecule has 0 fully saturated rings. The van der Waals surface area contributed by atoms with E-state index in [1.807, 2.05) is 0 Å². The van der Waals surface area contributed by atoms with E-state index in [-0.39, 0.29) is 0 Å². The Hall–Kier alpha value is -0.860. The molecule has 0 aliphatic carbocycles. The highest BCUT2D eigenvalue weighted by Gasteiger charge is 2.06. The number of rotatable bonds is 4. The van der Waals surface area contributed by atoms with Gasteiger partial charge in [0.05, 0.1) is 0 Å². The lowest BCUT2D eigenvalue weighted by atomic mass is 9.95. The Kier molecular flexibility index (Phi) is 4.11. The van der Waals surface area contributed by atoms with E-state index in [4.69, 9.17) is 11.5 Å². The van der Waals surface area contributed by atoms with E-state index in [1.54, 1.807) is 0 Å². The standard InChI is InChI=1S/C12H20N2/c1-3-4-10-5-9(2)6-11(7-13)12(10)8-14/h5-6H,3-4,7-8,13-14H2,1-2H3. The Morgan fingerprint density at radius 1 is 1.07 bits per heavy atom. The van der Waals surface area contributed by atoms with Crippen LogP contribution in [-0.4, -0.2) is 0 Å². The highest BCUT2D eigenvalue weighted by molar-refractivity contribution is 5.39.